The molecule has 5 heteroatoms. The molecule has 0 aliphatic heterocycles. The normalized spacial score (nSPS) is 9.90. The highest BCUT2D eigenvalue weighted by Gasteiger charge is 2.06. The Balaban J connectivity index is 2.17. The van der Waals surface area contributed by atoms with Crippen LogP contribution >= 0.6 is 27.5 Å². The SMILES string of the molecule is COc1ccc(Cl)cc1CNc1ccc(C#N)cc1Br. The van der Waals surface area contributed by atoms with E-state index in [1.54, 1.807) is 25.3 Å². The van der Waals surface area contributed by atoms with Crippen LogP contribution < -0.4 is 10.1 Å². The first-order chi connectivity index (χ1) is 9.63. The standard InChI is InChI=1S/C15H12BrClN2O/c1-20-15-5-3-12(17)7-11(15)9-19-14-4-2-10(8-18)6-13(14)16/h2-7,19H,9H2,1H3. The van der Waals surface area contributed by atoms with Gasteiger partial charge >= 0.3 is 0 Å². The van der Waals surface area contributed by atoms with Crippen LogP contribution in [0.3, 0.4) is 0 Å². The minimum atomic E-state index is 0.578. The summed E-state index contributed by atoms with van der Waals surface area (Å²) in [4.78, 5) is 0. The van der Waals surface area contributed by atoms with Gasteiger partial charge in [-0.2, -0.15) is 5.26 Å². The lowest BCUT2D eigenvalue weighted by Crippen LogP contribution is -2.02. The van der Waals surface area contributed by atoms with E-state index in [2.05, 4.69) is 27.3 Å². The van der Waals surface area contributed by atoms with Crippen LogP contribution in [0.5, 0.6) is 5.75 Å². The third-order valence-electron chi connectivity index (χ3n) is 2.81. The molecular formula is C15H12BrClN2O. The van der Waals surface area contributed by atoms with Crippen molar-refractivity contribution >= 4 is 33.2 Å². The van der Waals surface area contributed by atoms with E-state index in [-0.39, 0.29) is 0 Å². The molecule has 3 nitrogen and oxygen atoms in total. The van der Waals surface area contributed by atoms with Crippen LogP contribution in [0.15, 0.2) is 40.9 Å². The van der Waals surface area contributed by atoms with Crippen LogP contribution in [0.1, 0.15) is 11.1 Å². The van der Waals surface area contributed by atoms with E-state index in [0.717, 1.165) is 21.5 Å². The summed E-state index contributed by atoms with van der Waals surface area (Å²) in [6.45, 7) is 0.578. The zero-order valence-electron chi connectivity index (χ0n) is 10.8. The Morgan fingerprint density at radius 2 is 2.10 bits per heavy atom. The minimum absolute atomic E-state index is 0.578. The van der Waals surface area contributed by atoms with Crippen LogP contribution in [0, 0.1) is 11.3 Å². The second kappa shape index (κ2) is 6.65. The highest BCUT2D eigenvalue weighted by molar-refractivity contribution is 9.10. The molecular weight excluding hydrogens is 340 g/mol. The van der Waals surface area contributed by atoms with Crippen molar-refractivity contribution in [2.45, 2.75) is 6.54 Å². The summed E-state index contributed by atoms with van der Waals surface area (Å²) in [6, 6.07) is 13.0. The number of nitrogens with zero attached hydrogens (tertiary/aromatic N) is 1. The van der Waals surface area contributed by atoms with Crippen molar-refractivity contribution in [2.75, 3.05) is 12.4 Å². The molecule has 0 fully saturated rings. The van der Waals surface area contributed by atoms with Gasteiger partial charge in [0.1, 0.15) is 5.75 Å². The maximum Gasteiger partial charge on any atom is 0.123 e. The summed E-state index contributed by atoms with van der Waals surface area (Å²) < 4.78 is 6.15. The minimum Gasteiger partial charge on any atom is -0.496 e. The molecule has 0 aliphatic carbocycles. The molecule has 0 spiro atoms. The molecule has 20 heavy (non-hydrogen) atoms. The fraction of sp³-hybridized carbons (Fsp3) is 0.133. The van der Waals surface area contributed by atoms with Crippen LogP contribution in [-0.4, -0.2) is 7.11 Å². The smallest absolute Gasteiger partial charge is 0.123 e. The number of hydrogen-bond acceptors (Lipinski definition) is 3. The zero-order chi connectivity index (χ0) is 14.5. The van der Waals surface area contributed by atoms with Crippen molar-refractivity contribution in [3.05, 3.63) is 57.0 Å². The average molecular weight is 352 g/mol. The molecule has 0 aromatic heterocycles. The summed E-state index contributed by atoms with van der Waals surface area (Å²) in [5.74, 6) is 0.784. The highest BCUT2D eigenvalue weighted by Crippen LogP contribution is 2.27. The van der Waals surface area contributed by atoms with Gasteiger partial charge in [-0.1, -0.05) is 11.6 Å². The van der Waals surface area contributed by atoms with Crippen LogP contribution in [0.4, 0.5) is 5.69 Å². The Bertz CT molecular complexity index is 667. The summed E-state index contributed by atoms with van der Waals surface area (Å²) in [6.07, 6.45) is 0. The van der Waals surface area contributed by atoms with Crippen molar-refractivity contribution < 1.29 is 4.74 Å². The molecule has 0 bridgehead atoms. The van der Waals surface area contributed by atoms with E-state index >= 15 is 0 Å². The average Bonchev–Trinajstić information content (AvgIpc) is 2.46. The third kappa shape index (κ3) is 3.44. The first kappa shape index (κ1) is 14.7. The van der Waals surface area contributed by atoms with Crippen molar-refractivity contribution in [1.82, 2.24) is 0 Å². The van der Waals surface area contributed by atoms with Gasteiger partial charge < -0.3 is 10.1 Å². The first-order valence-electron chi connectivity index (χ1n) is 5.90. The molecule has 0 atom stereocenters. The van der Waals surface area contributed by atoms with E-state index in [1.165, 1.54) is 0 Å². The molecule has 0 amide bonds. The van der Waals surface area contributed by atoms with Gasteiger partial charge in [-0.25, -0.2) is 0 Å². The fourth-order valence-corrected chi connectivity index (χ4v) is 2.52. The molecule has 0 radical (unpaired) electrons. The van der Waals surface area contributed by atoms with E-state index in [1.807, 2.05) is 18.2 Å². The number of benzene rings is 2. The lowest BCUT2D eigenvalue weighted by molar-refractivity contribution is 0.410. The molecule has 0 heterocycles. The number of ether oxygens (including phenoxy) is 1. The summed E-state index contributed by atoms with van der Waals surface area (Å²) in [5, 5.41) is 12.8. The Hall–Kier alpha value is -1.70. The molecule has 0 unspecified atom stereocenters. The topological polar surface area (TPSA) is 45.0 Å². The number of anilines is 1. The van der Waals surface area contributed by atoms with E-state index < -0.39 is 0 Å². The fourth-order valence-electron chi connectivity index (χ4n) is 1.80. The molecule has 102 valence electrons. The first-order valence-corrected chi connectivity index (χ1v) is 7.07. The second-order valence-electron chi connectivity index (χ2n) is 4.12. The number of hydrogen-bond donors (Lipinski definition) is 1. The summed E-state index contributed by atoms with van der Waals surface area (Å²) >= 11 is 9.44. The van der Waals surface area contributed by atoms with Gasteiger partial charge in [0.25, 0.3) is 0 Å². The number of nitriles is 1. The summed E-state index contributed by atoms with van der Waals surface area (Å²) in [5.41, 5.74) is 2.49. The largest absolute Gasteiger partial charge is 0.496 e. The summed E-state index contributed by atoms with van der Waals surface area (Å²) in [7, 11) is 1.63. The number of methoxy groups -OCH3 is 1. The maximum atomic E-state index is 8.84. The Labute approximate surface area is 131 Å². The van der Waals surface area contributed by atoms with E-state index in [9.17, 15) is 0 Å². The van der Waals surface area contributed by atoms with E-state index in [4.69, 9.17) is 21.6 Å². The van der Waals surface area contributed by atoms with Gasteiger partial charge in [-0.05, 0) is 52.3 Å². The molecule has 0 saturated carbocycles. The van der Waals surface area contributed by atoms with E-state index in [0.29, 0.717) is 17.1 Å². The van der Waals surface area contributed by atoms with Gasteiger partial charge in [-0.15, -0.1) is 0 Å². The van der Waals surface area contributed by atoms with Crippen molar-refractivity contribution in [1.29, 1.82) is 5.26 Å². The van der Waals surface area contributed by atoms with Gasteiger partial charge in [0.05, 0.1) is 18.7 Å². The quantitative estimate of drug-likeness (QED) is 0.876. The van der Waals surface area contributed by atoms with Crippen LogP contribution in [0.25, 0.3) is 0 Å². The lowest BCUT2D eigenvalue weighted by Gasteiger charge is -2.12. The van der Waals surface area contributed by atoms with Crippen molar-refractivity contribution in [3.63, 3.8) is 0 Å². The van der Waals surface area contributed by atoms with Gasteiger partial charge in [0.2, 0.25) is 0 Å². The Morgan fingerprint density at radius 3 is 2.75 bits per heavy atom. The van der Waals surface area contributed by atoms with Crippen LogP contribution in [-0.2, 0) is 6.54 Å². The van der Waals surface area contributed by atoms with Gasteiger partial charge in [0.15, 0.2) is 0 Å². The number of rotatable bonds is 4. The van der Waals surface area contributed by atoms with Crippen molar-refractivity contribution in [3.8, 4) is 11.8 Å². The van der Waals surface area contributed by atoms with Gasteiger partial charge in [-0.3, -0.25) is 0 Å². The Kier molecular flexibility index (Phi) is 4.89. The predicted molar refractivity (Wildman–Crippen MR) is 84.2 cm³/mol. The van der Waals surface area contributed by atoms with Crippen LogP contribution in [0.2, 0.25) is 5.02 Å². The molecule has 2 aromatic rings. The molecule has 2 aromatic carbocycles. The number of nitrogens with one attached hydrogen (secondary N) is 1. The predicted octanol–water partition coefficient (Wildman–Crippen LogP) is 4.59. The lowest BCUT2D eigenvalue weighted by atomic mass is 10.2. The number of halogens is 2. The second-order valence-corrected chi connectivity index (χ2v) is 5.41. The monoisotopic (exact) mass is 350 g/mol. The molecule has 0 aliphatic rings. The molecule has 1 N–H and O–H groups in total. The Morgan fingerprint density at radius 1 is 1.30 bits per heavy atom. The third-order valence-corrected chi connectivity index (χ3v) is 3.70. The zero-order valence-corrected chi connectivity index (χ0v) is 13.1. The molecule has 2 rings (SSSR count). The highest BCUT2D eigenvalue weighted by atomic mass is 79.9. The molecule has 0 saturated heterocycles. The van der Waals surface area contributed by atoms with Gasteiger partial charge in [0, 0.05) is 27.3 Å². The maximum absolute atomic E-state index is 8.84. The van der Waals surface area contributed by atoms with Crippen molar-refractivity contribution in [2.24, 2.45) is 0 Å².